The van der Waals surface area contributed by atoms with Gasteiger partial charge in [-0.15, -0.1) is 0 Å². The van der Waals surface area contributed by atoms with Gasteiger partial charge in [0.2, 0.25) is 17.7 Å². The van der Waals surface area contributed by atoms with E-state index in [0.29, 0.717) is 23.2 Å². The smallest absolute Gasteiger partial charge is 0.253 e. The number of likely N-dealkylation sites (N-methyl/N-ethyl adjacent to an activating group) is 1. The van der Waals surface area contributed by atoms with Crippen LogP contribution in [0.4, 0.5) is 23.3 Å². The van der Waals surface area contributed by atoms with Crippen molar-refractivity contribution in [3.05, 3.63) is 72.1 Å². The Kier molecular flexibility index (Phi) is 7.88. The Hall–Kier alpha value is -4.18. The number of aromatic nitrogens is 4. The van der Waals surface area contributed by atoms with Gasteiger partial charge >= 0.3 is 0 Å². The number of hydrogen-bond donors (Lipinski definition) is 3. The summed E-state index contributed by atoms with van der Waals surface area (Å²) in [6, 6.07) is 16.2. The number of aliphatic hydroxyl groups is 1. The van der Waals surface area contributed by atoms with Gasteiger partial charge in [0.1, 0.15) is 0 Å². The number of imidazole rings is 1. The van der Waals surface area contributed by atoms with E-state index in [1.807, 2.05) is 22.7 Å². The Morgan fingerprint density at radius 3 is 2.50 bits per heavy atom. The summed E-state index contributed by atoms with van der Waals surface area (Å²) in [5.41, 5.74) is 3.91. The molecule has 10 heteroatoms. The van der Waals surface area contributed by atoms with Crippen molar-refractivity contribution in [2.24, 2.45) is 0 Å². The van der Waals surface area contributed by atoms with E-state index in [-0.39, 0.29) is 30.5 Å². The number of nitrogens with one attached hydrogen (secondary N) is 2. The van der Waals surface area contributed by atoms with Crippen LogP contribution in [0.1, 0.15) is 49.5 Å². The lowest BCUT2D eigenvalue weighted by atomic mass is 9.87. The molecule has 0 spiro atoms. The molecule has 1 amide bonds. The summed E-state index contributed by atoms with van der Waals surface area (Å²) in [6.45, 7) is 8.55. The topological polar surface area (TPSA) is 111 Å². The zero-order chi connectivity index (χ0) is 28.3. The molecule has 3 N–H and O–H groups in total. The number of piperidine rings is 1. The summed E-state index contributed by atoms with van der Waals surface area (Å²) in [6.07, 6.45) is 5.64. The normalized spacial score (nSPS) is 15.7. The van der Waals surface area contributed by atoms with Crippen LogP contribution in [0.2, 0.25) is 0 Å². The number of carbonyl (C=O) groups is 1. The van der Waals surface area contributed by atoms with Gasteiger partial charge < -0.3 is 25.5 Å². The SMILES string of the molecule is CN(CCO)C(=O)c1ccc(Nc2nc(N3CCCC(Nc4ccc(C(C)(C)C)cc4)C3)nc3nccn23)cc1. The van der Waals surface area contributed by atoms with Gasteiger partial charge in [-0.25, -0.2) is 4.98 Å². The second-order valence-electron chi connectivity index (χ2n) is 11.4. The molecular formula is C30H38N8O2. The number of fused-ring (bicyclic) bond motifs is 1. The molecule has 1 aliphatic heterocycles. The average molecular weight is 543 g/mol. The van der Waals surface area contributed by atoms with Crippen LogP contribution in [0.15, 0.2) is 60.9 Å². The Bertz CT molecular complexity index is 1440. The molecule has 0 saturated carbocycles. The van der Waals surface area contributed by atoms with Crippen molar-refractivity contribution in [2.45, 2.75) is 45.1 Å². The third-order valence-electron chi connectivity index (χ3n) is 7.25. The van der Waals surface area contributed by atoms with Gasteiger partial charge in [-0.05, 0) is 60.2 Å². The van der Waals surface area contributed by atoms with Crippen LogP contribution in [0.3, 0.4) is 0 Å². The first-order valence-corrected chi connectivity index (χ1v) is 13.8. The zero-order valence-electron chi connectivity index (χ0n) is 23.6. The summed E-state index contributed by atoms with van der Waals surface area (Å²) in [5, 5.41) is 16.2. The molecule has 1 aliphatic rings. The number of amides is 1. The first-order chi connectivity index (χ1) is 19.2. The fraction of sp³-hybridized carbons (Fsp3) is 0.400. The lowest BCUT2D eigenvalue weighted by molar-refractivity contribution is 0.0767. The molecule has 40 heavy (non-hydrogen) atoms. The van der Waals surface area contributed by atoms with Crippen LogP contribution in [0.25, 0.3) is 5.78 Å². The molecule has 1 unspecified atom stereocenters. The molecular weight excluding hydrogens is 504 g/mol. The number of aliphatic hydroxyl groups excluding tert-OH is 1. The maximum absolute atomic E-state index is 12.5. The summed E-state index contributed by atoms with van der Waals surface area (Å²) in [5.74, 6) is 1.66. The summed E-state index contributed by atoms with van der Waals surface area (Å²) < 4.78 is 1.81. The quantitative estimate of drug-likeness (QED) is 0.302. The van der Waals surface area contributed by atoms with Crippen molar-refractivity contribution in [2.75, 3.05) is 48.8 Å². The number of nitrogens with zero attached hydrogens (tertiary/aromatic N) is 6. The first kappa shape index (κ1) is 27.4. The van der Waals surface area contributed by atoms with Gasteiger partial charge in [-0.2, -0.15) is 9.97 Å². The van der Waals surface area contributed by atoms with Gasteiger partial charge in [0.25, 0.3) is 5.91 Å². The van der Waals surface area contributed by atoms with Crippen LogP contribution >= 0.6 is 0 Å². The molecule has 0 aliphatic carbocycles. The molecule has 4 aromatic rings. The Morgan fingerprint density at radius 1 is 1.07 bits per heavy atom. The molecule has 2 aromatic heterocycles. The second kappa shape index (κ2) is 11.5. The molecule has 2 aromatic carbocycles. The van der Waals surface area contributed by atoms with Crippen molar-refractivity contribution >= 4 is 35.0 Å². The predicted molar refractivity (Wildman–Crippen MR) is 159 cm³/mol. The molecule has 1 fully saturated rings. The molecule has 0 radical (unpaired) electrons. The van der Waals surface area contributed by atoms with E-state index < -0.39 is 0 Å². The Labute approximate surface area is 235 Å². The summed E-state index contributed by atoms with van der Waals surface area (Å²) >= 11 is 0. The van der Waals surface area contributed by atoms with Crippen molar-refractivity contribution in [3.63, 3.8) is 0 Å². The van der Waals surface area contributed by atoms with Gasteiger partial charge in [0.05, 0.1) is 6.61 Å². The molecule has 1 atom stereocenters. The predicted octanol–water partition coefficient (Wildman–Crippen LogP) is 4.31. The fourth-order valence-electron chi connectivity index (χ4n) is 4.91. The number of anilines is 4. The Morgan fingerprint density at radius 2 is 1.80 bits per heavy atom. The molecule has 5 rings (SSSR count). The highest BCUT2D eigenvalue weighted by atomic mass is 16.3. The van der Waals surface area contributed by atoms with Crippen molar-refractivity contribution < 1.29 is 9.90 Å². The standard InChI is InChI=1S/C30H38N8O2/c1-30(2,3)22-9-13-23(14-10-22)32-25-6-5-16-37(20-25)28-34-27-31-15-17-38(27)29(35-28)33-24-11-7-21(8-12-24)26(40)36(4)18-19-39/h7-15,17,25,32,39H,5-6,16,18-20H2,1-4H3,(H,31,33,34,35). The fourth-order valence-corrected chi connectivity index (χ4v) is 4.91. The van der Waals surface area contributed by atoms with Crippen LogP contribution in [0, 0.1) is 0 Å². The van der Waals surface area contributed by atoms with Gasteiger partial charge in [0, 0.05) is 62.1 Å². The maximum Gasteiger partial charge on any atom is 0.253 e. The van der Waals surface area contributed by atoms with Gasteiger partial charge in [-0.1, -0.05) is 32.9 Å². The lowest BCUT2D eigenvalue weighted by Gasteiger charge is -2.34. The van der Waals surface area contributed by atoms with E-state index >= 15 is 0 Å². The average Bonchev–Trinajstić information content (AvgIpc) is 3.42. The Balaban J connectivity index is 1.31. The van der Waals surface area contributed by atoms with Gasteiger partial charge in [0.15, 0.2) is 0 Å². The largest absolute Gasteiger partial charge is 0.395 e. The van der Waals surface area contributed by atoms with Crippen molar-refractivity contribution in [1.82, 2.24) is 24.3 Å². The highest BCUT2D eigenvalue weighted by molar-refractivity contribution is 5.94. The minimum atomic E-state index is -0.139. The van der Waals surface area contributed by atoms with E-state index in [2.05, 4.69) is 65.6 Å². The van der Waals surface area contributed by atoms with Gasteiger partial charge in [-0.3, -0.25) is 9.20 Å². The summed E-state index contributed by atoms with van der Waals surface area (Å²) in [4.78, 5) is 30.3. The van der Waals surface area contributed by atoms with Crippen LogP contribution < -0.4 is 15.5 Å². The maximum atomic E-state index is 12.5. The highest BCUT2D eigenvalue weighted by Crippen LogP contribution is 2.26. The lowest BCUT2D eigenvalue weighted by Crippen LogP contribution is -2.43. The number of hydrogen-bond acceptors (Lipinski definition) is 8. The van der Waals surface area contributed by atoms with E-state index in [0.717, 1.165) is 37.3 Å². The third kappa shape index (κ3) is 6.17. The third-order valence-corrected chi connectivity index (χ3v) is 7.25. The minimum Gasteiger partial charge on any atom is -0.395 e. The van der Waals surface area contributed by atoms with E-state index in [4.69, 9.17) is 15.1 Å². The number of rotatable bonds is 8. The molecule has 1 saturated heterocycles. The van der Waals surface area contributed by atoms with Crippen molar-refractivity contribution in [3.8, 4) is 0 Å². The monoisotopic (exact) mass is 542 g/mol. The molecule has 210 valence electrons. The summed E-state index contributed by atoms with van der Waals surface area (Å²) in [7, 11) is 1.67. The van der Waals surface area contributed by atoms with Crippen LogP contribution in [-0.4, -0.2) is 74.6 Å². The van der Waals surface area contributed by atoms with E-state index in [1.54, 1.807) is 25.4 Å². The van der Waals surface area contributed by atoms with Crippen molar-refractivity contribution in [1.29, 1.82) is 0 Å². The van der Waals surface area contributed by atoms with Crippen LogP contribution in [0.5, 0.6) is 0 Å². The molecule has 0 bridgehead atoms. The minimum absolute atomic E-state index is 0.0722. The van der Waals surface area contributed by atoms with E-state index in [9.17, 15) is 4.79 Å². The zero-order valence-corrected chi connectivity index (χ0v) is 23.6. The van der Waals surface area contributed by atoms with Crippen LogP contribution in [-0.2, 0) is 5.41 Å². The molecule has 3 heterocycles. The molecule has 10 nitrogen and oxygen atoms in total. The van der Waals surface area contributed by atoms with E-state index in [1.165, 1.54) is 10.5 Å². The number of benzene rings is 2. The highest BCUT2D eigenvalue weighted by Gasteiger charge is 2.24. The number of carbonyl (C=O) groups excluding carboxylic acids is 1. The second-order valence-corrected chi connectivity index (χ2v) is 11.4. The first-order valence-electron chi connectivity index (χ1n) is 13.8.